The van der Waals surface area contributed by atoms with Crippen molar-refractivity contribution >= 4 is 46.9 Å². The average Bonchev–Trinajstić information content (AvgIpc) is 3.43. The highest BCUT2D eigenvalue weighted by atomic mass is 16.7. The van der Waals surface area contributed by atoms with Crippen molar-refractivity contribution in [3.05, 3.63) is 45.5 Å². The van der Waals surface area contributed by atoms with Crippen molar-refractivity contribution in [1.29, 1.82) is 0 Å². The fourth-order valence-electron chi connectivity index (χ4n) is 4.01. The number of anilines is 1. The standard InChI is InChI=1S/C21H18N4O9/c1-11-8-18(29)24(20(11)30)34-21(31)13-9-12-4-6-23(19(12)14(10-13)25(32)33)17(28)5-7-22-15(26)2-3-16(22)27/h2-3,9-11H,4-8H2,1H3. The van der Waals surface area contributed by atoms with Crippen LogP contribution in [0.1, 0.15) is 35.7 Å². The van der Waals surface area contributed by atoms with Crippen LogP contribution in [0, 0.1) is 16.0 Å². The Labute approximate surface area is 191 Å². The highest BCUT2D eigenvalue weighted by Crippen LogP contribution is 2.39. The molecule has 5 amide bonds. The third-order valence-electron chi connectivity index (χ3n) is 5.73. The molecule has 1 fully saturated rings. The van der Waals surface area contributed by atoms with Gasteiger partial charge in [-0.05, 0) is 18.1 Å². The van der Waals surface area contributed by atoms with E-state index in [0.29, 0.717) is 10.6 Å². The molecule has 13 nitrogen and oxygen atoms in total. The lowest BCUT2D eigenvalue weighted by Gasteiger charge is -2.20. The van der Waals surface area contributed by atoms with Gasteiger partial charge in [0.15, 0.2) is 0 Å². The number of amides is 5. The number of carbonyl (C=O) groups is 6. The number of hydrogen-bond donors (Lipinski definition) is 0. The third-order valence-corrected chi connectivity index (χ3v) is 5.73. The van der Waals surface area contributed by atoms with Gasteiger partial charge in [0, 0.05) is 50.1 Å². The molecule has 0 spiro atoms. The van der Waals surface area contributed by atoms with Gasteiger partial charge >= 0.3 is 5.97 Å². The van der Waals surface area contributed by atoms with E-state index in [4.69, 9.17) is 4.84 Å². The number of fused-ring (bicyclic) bond motifs is 1. The van der Waals surface area contributed by atoms with Gasteiger partial charge < -0.3 is 9.74 Å². The summed E-state index contributed by atoms with van der Waals surface area (Å²) in [6, 6.07) is 2.22. The van der Waals surface area contributed by atoms with Gasteiger partial charge in [0.05, 0.1) is 10.5 Å². The van der Waals surface area contributed by atoms with Crippen LogP contribution in [-0.4, -0.2) is 63.5 Å². The Balaban J connectivity index is 1.54. The molecule has 1 aromatic rings. The number of hydrogen-bond acceptors (Lipinski definition) is 9. The Hall–Kier alpha value is -4.42. The molecule has 3 aliphatic rings. The first-order chi connectivity index (χ1) is 16.1. The second kappa shape index (κ2) is 8.50. The van der Waals surface area contributed by atoms with Crippen molar-refractivity contribution < 1.29 is 38.5 Å². The third kappa shape index (κ3) is 3.91. The number of rotatable bonds is 6. The average molecular weight is 470 g/mol. The van der Waals surface area contributed by atoms with E-state index in [2.05, 4.69) is 0 Å². The Kier molecular flexibility index (Phi) is 5.69. The second-order valence-electron chi connectivity index (χ2n) is 7.98. The maximum absolute atomic E-state index is 12.8. The van der Waals surface area contributed by atoms with Crippen molar-refractivity contribution in [3.8, 4) is 0 Å². The summed E-state index contributed by atoms with van der Waals surface area (Å²) in [5.74, 6) is -4.76. The number of carbonyl (C=O) groups excluding carboxylic acids is 6. The van der Waals surface area contributed by atoms with E-state index in [9.17, 15) is 38.9 Å². The van der Waals surface area contributed by atoms with Crippen LogP contribution in [0.4, 0.5) is 11.4 Å². The summed E-state index contributed by atoms with van der Waals surface area (Å²) in [5.41, 5.74) is -0.445. The summed E-state index contributed by atoms with van der Waals surface area (Å²) >= 11 is 0. The topological polar surface area (TPSA) is 165 Å². The molecular formula is C21H18N4O9. The van der Waals surface area contributed by atoms with Crippen molar-refractivity contribution in [3.63, 3.8) is 0 Å². The fraction of sp³-hybridized carbons (Fsp3) is 0.333. The minimum atomic E-state index is -1.12. The first kappa shape index (κ1) is 22.8. The smallest absolute Gasteiger partial charge is 0.325 e. The lowest BCUT2D eigenvalue weighted by atomic mass is 10.1. The van der Waals surface area contributed by atoms with E-state index in [1.807, 2.05) is 0 Å². The summed E-state index contributed by atoms with van der Waals surface area (Å²) in [6.07, 6.45) is 2.03. The molecule has 13 heteroatoms. The van der Waals surface area contributed by atoms with Gasteiger partial charge in [-0.15, -0.1) is 5.06 Å². The summed E-state index contributed by atoms with van der Waals surface area (Å²) in [7, 11) is 0. The van der Waals surface area contributed by atoms with Crippen LogP contribution >= 0.6 is 0 Å². The molecule has 3 aliphatic heterocycles. The molecule has 0 bridgehead atoms. The minimum absolute atomic E-state index is 0.00528. The van der Waals surface area contributed by atoms with E-state index >= 15 is 0 Å². The highest BCUT2D eigenvalue weighted by molar-refractivity contribution is 6.13. The van der Waals surface area contributed by atoms with Crippen LogP contribution in [0.15, 0.2) is 24.3 Å². The molecule has 176 valence electrons. The summed E-state index contributed by atoms with van der Waals surface area (Å²) < 4.78 is 0. The Bertz CT molecular complexity index is 1190. The lowest BCUT2D eigenvalue weighted by Crippen LogP contribution is -2.36. The van der Waals surface area contributed by atoms with Crippen molar-refractivity contribution in [2.75, 3.05) is 18.0 Å². The second-order valence-corrected chi connectivity index (χ2v) is 7.98. The van der Waals surface area contributed by atoms with Crippen LogP contribution in [-0.2, 0) is 35.2 Å². The quantitative estimate of drug-likeness (QED) is 0.322. The van der Waals surface area contributed by atoms with E-state index < -0.39 is 52.0 Å². The Morgan fingerprint density at radius 1 is 1.15 bits per heavy atom. The van der Waals surface area contributed by atoms with Gasteiger partial charge in [0.2, 0.25) is 5.91 Å². The number of nitrogens with zero attached hydrogens (tertiary/aromatic N) is 4. The highest BCUT2D eigenvalue weighted by Gasteiger charge is 2.40. The number of benzene rings is 1. The molecule has 1 unspecified atom stereocenters. The van der Waals surface area contributed by atoms with Crippen molar-refractivity contribution in [2.45, 2.75) is 26.2 Å². The number of nitro benzene ring substituents is 1. The van der Waals surface area contributed by atoms with E-state index in [1.54, 1.807) is 0 Å². The molecule has 4 rings (SSSR count). The van der Waals surface area contributed by atoms with Crippen molar-refractivity contribution in [1.82, 2.24) is 9.96 Å². The molecule has 0 N–H and O–H groups in total. The zero-order chi connectivity index (χ0) is 24.7. The molecule has 0 aliphatic carbocycles. The summed E-state index contributed by atoms with van der Waals surface area (Å²) in [4.78, 5) is 90.4. The summed E-state index contributed by atoms with van der Waals surface area (Å²) in [6.45, 7) is 1.42. The fourth-order valence-corrected chi connectivity index (χ4v) is 4.01. The van der Waals surface area contributed by atoms with Gasteiger partial charge in [0.25, 0.3) is 29.3 Å². The van der Waals surface area contributed by atoms with Gasteiger partial charge in [-0.2, -0.15) is 0 Å². The first-order valence-corrected chi connectivity index (χ1v) is 10.3. The Morgan fingerprint density at radius 3 is 2.41 bits per heavy atom. The van der Waals surface area contributed by atoms with E-state index in [0.717, 1.165) is 23.1 Å². The molecule has 1 aromatic carbocycles. The van der Waals surface area contributed by atoms with E-state index in [-0.39, 0.29) is 43.6 Å². The predicted molar refractivity (Wildman–Crippen MR) is 111 cm³/mol. The minimum Gasteiger partial charge on any atom is -0.325 e. The van der Waals surface area contributed by atoms with Crippen LogP contribution in [0.2, 0.25) is 0 Å². The molecule has 1 saturated heterocycles. The maximum Gasteiger partial charge on any atom is 0.364 e. The lowest BCUT2D eigenvalue weighted by molar-refractivity contribution is -0.384. The SMILES string of the molecule is CC1CC(=O)N(OC(=O)c2cc3c(c([N+](=O)[O-])c2)N(C(=O)CCN2C(=O)C=CC2=O)CC3)C1=O. The van der Waals surface area contributed by atoms with Crippen LogP contribution in [0.5, 0.6) is 0 Å². The molecule has 0 aromatic heterocycles. The van der Waals surface area contributed by atoms with Gasteiger partial charge in [-0.1, -0.05) is 6.92 Å². The van der Waals surface area contributed by atoms with Crippen LogP contribution in [0.25, 0.3) is 0 Å². The monoisotopic (exact) mass is 470 g/mol. The van der Waals surface area contributed by atoms with Crippen LogP contribution < -0.4 is 4.90 Å². The van der Waals surface area contributed by atoms with Crippen LogP contribution in [0.3, 0.4) is 0 Å². The number of imide groups is 2. The normalized spacial score (nSPS) is 19.3. The molecule has 0 saturated carbocycles. The van der Waals surface area contributed by atoms with Crippen molar-refractivity contribution in [2.24, 2.45) is 5.92 Å². The van der Waals surface area contributed by atoms with E-state index in [1.165, 1.54) is 17.9 Å². The van der Waals surface area contributed by atoms with Gasteiger partial charge in [-0.25, -0.2) is 4.79 Å². The van der Waals surface area contributed by atoms with Gasteiger partial charge in [0.1, 0.15) is 5.69 Å². The number of nitro groups is 1. The largest absolute Gasteiger partial charge is 0.364 e. The molecule has 34 heavy (non-hydrogen) atoms. The zero-order valence-corrected chi connectivity index (χ0v) is 17.9. The molecule has 1 atom stereocenters. The molecule has 3 heterocycles. The predicted octanol–water partition coefficient (Wildman–Crippen LogP) is 0.266. The van der Waals surface area contributed by atoms with Gasteiger partial charge in [-0.3, -0.25) is 39.0 Å². The first-order valence-electron chi connectivity index (χ1n) is 10.3. The maximum atomic E-state index is 12.8. The zero-order valence-electron chi connectivity index (χ0n) is 17.9. The summed E-state index contributed by atoms with van der Waals surface area (Å²) in [5, 5.41) is 12.1. The number of hydroxylamine groups is 2. The molecule has 0 radical (unpaired) electrons. The molecular weight excluding hydrogens is 452 g/mol. The Morgan fingerprint density at radius 2 is 1.82 bits per heavy atom.